The highest BCUT2D eigenvalue weighted by Crippen LogP contribution is 2.13. The van der Waals surface area contributed by atoms with Gasteiger partial charge in [-0.05, 0) is 24.1 Å². The van der Waals surface area contributed by atoms with Crippen molar-refractivity contribution in [1.82, 2.24) is 4.98 Å². The molecule has 1 rings (SSSR count). The number of aromatic nitrogens is 1. The fourth-order valence-corrected chi connectivity index (χ4v) is 0.946. The number of nitrogen functional groups attached to an aromatic ring is 1. The van der Waals surface area contributed by atoms with Crippen molar-refractivity contribution in [3.63, 3.8) is 0 Å². The first-order chi connectivity index (χ1) is 5.65. The molecule has 1 atom stereocenters. The summed E-state index contributed by atoms with van der Waals surface area (Å²) < 4.78 is 0. The van der Waals surface area contributed by atoms with Gasteiger partial charge in [-0.25, -0.2) is 4.98 Å². The summed E-state index contributed by atoms with van der Waals surface area (Å²) in [5, 5.41) is 0. The normalized spacial score (nSPS) is 12.9. The zero-order chi connectivity index (χ0) is 9.14. The van der Waals surface area contributed by atoms with Crippen molar-refractivity contribution in [2.24, 2.45) is 11.5 Å². The molecular formula is C8H14N4. The summed E-state index contributed by atoms with van der Waals surface area (Å²) in [5.41, 5.74) is 18.5. The molecule has 0 aliphatic heterocycles. The number of nitrogens with two attached hydrogens (primary N) is 3. The number of pyridine rings is 1. The van der Waals surface area contributed by atoms with Crippen LogP contribution in [-0.4, -0.2) is 11.5 Å². The Morgan fingerprint density at radius 3 is 2.75 bits per heavy atom. The Morgan fingerprint density at radius 1 is 1.58 bits per heavy atom. The summed E-state index contributed by atoms with van der Waals surface area (Å²) in [5.74, 6) is 0.544. The van der Waals surface area contributed by atoms with Crippen LogP contribution in [0.25, 0.3) is 0 Å². The first kappa shape index (κ1) is 8.96. The number of hydrogen-bond donors (Lipinski definition) is 3. The van der Waals surface area contributed by atoms with Gasteiger partial charge >= 0.3 is 0 Å². The molecule has 66 valence electrons. The van der Waals surface area contributed by atoms with E-state index in [4.69, 9.17) is 17.2 Å². The Kier molecular flexibility index (Phi) is 2.62. The van der Waals surface area contributed by atoms with E-state index in [9.17, 15) is 0 Å². The molecule has 0 saturated heterocycles. The Balaban J connectivity index is 2.96. The number of hydrogen-bond acceptors (Lipinski definition) is 4. The summed E-state index contributed by atoms with van der Waals surface area (Å²) in [6, 6.07) is 1.77. The summed E-state index contributed by atoms with van der Waals surface area (Å²) in [6.07, 6.45) is 1.67. The summed E-state index contributed by atoms with van der Waals surface area (Å²) in [4.78, 5) is 3.99. The fourth-order valence-electron chi connectivity index (χ4n) is 0.946. The quantitative estimate of drug-likeness (QED) is 0.573. The maximum atomic E-state index is 5.71. The van der Waals surface area contributed by atoms with Crippen LogP contribution in [0.1, 0.15) is 17.2 Å². The standard InChI is InChI=1S/C8H14N4/c1-5-2-6(7(10)3-9)4-12-8(5)11/h2,4,7H,3,9-10H2,1H3,(H2,11,12)/t7-/m1/s1. The lowest BCUT2D eigenvalue weighted by Gasteiger charge is -2.09. The topological polar surface area (TPSA) is 91.0 Å². The fraction of sp³-hybridized carbons (Fsp3) is 0.375. The molecule has 1 aromatic heterocycles. The van der Waals surface area contributed by atoms with E-state index in [1.54, 1.807) is 6.20 Å². The average molecular weight is 166 g/mol. The average Bonchev–Trinajstić information content (AvgIpc) is 2.08. The second kappa shape index (κ2) is 3.51. The van der Waals surface area contributed by atoms with Crippen LogP contribution >= 0.6 is 0 Å². The molecule has 12 heavy (non-hydrogen) atoms. The van der Waals surface area contributed by atoms with Crippen molar-refractivity contribution in [3.05, 3.63) is 23.4 Å². The molecule has 6 N–H and O–H groups in total. The molecule has 0 aliphatic carbocycles. The maximum Gasteiger partial charge on any atom is 0.126 e. The van der Waals surface area contributed by atoms with Crippen molar-refractivity contribution in [3.8, 4) is 0 Å². The first-order valence-electron chi connectivity index (χ1n) is 3.83. The second-order valence-electron chi connectivity index (χ2n) is 2.81. The van der Waals surface area contributed by atoms with Crippen LogP contribution in [0.15, 0.2) is 12.3 Å². The van der Waals surface area contributed by atoms with Gasteiger partial charge in [0.25, 0.3) is 0 Å². The number of nitrogens with zero attached hydrogens (tertiary/aromatic N) is 1. The smallest absolute Gasteiger partial charge is 0.126 e. The third-order valence-corrected chi connectivity index (χ3v) is 1.82. The van der Waals surface area contributed by atoms with Crippen molar-refractivity contribution in [1.29, 1.82) is 0 Å². The molecule has 1 aromatic rings. The Bertz CT molecular complexity index is 272. The molecular weight excluding hydrogens is 152 g/mol. The Labute approximate surface area is 71.8 Å². The lowest BCUT2D eigenvalue weighted by Crippen LogP contribution is -2.21. The largest absolute Gasteiger partial charge is 0.383 e. The number of aryl methyl sites for hydroxylation is 1. The van der Waals surface area contributed by atoms with E-state index in [0.717, 1.165) is 11.1 Å². The number of anilines is 1. The van der Waals surface area contributed by atoms with Crippen molar-refractivity contribution in [2.75, 3.05) is 12.3 Å². The van der Waals surface area contributed by atoms with Gasteiger partial charge in [0.2, 0.25) is 0 Å². The van der Waals surface area contributed by atoms with Gasteiger partial charge in [0.15, 0.2) is 0 Å². The molecule has 4 heteroatoms. The Morgan fingerprint density at radius 2 is 2.25 bits per heavy atom. The zero-order valence-electron chi connectivity index (χ0n) is 7.12. The lowest BCUT2D eigenvalue weighted by molar-refractivity contribution is 0.732. The molecule has 0 fully saturated rings. The Hall–Kier alpha value is -1.13. The van der Waals surface area contributed by atoms with Gasteiger partial charge in [0.05, 0.1) is 0 Å². The van der Waals surface area contributed by atoms with E-state index < -0.39 is 0 Å². The van der Waals surface area contributed by atoms with E-state index in [0.29, 0.717) is 12.4 Å². The molecule has 4 nitrogen and oxygen atoms in total. The highest BCUT2D eigenvalue weighted by Gasteiger charge is 2.04. The van der Waals surface area contributed by atoms with Crippen LogP contribution in [0.4, 0.5) is 5.82 Å². The lowest BCUT2D eigenvalue weighted by atomic mass is 10.1. The van der Waals surface area contributed by atoms with Crippen LogP contribution in [0.2, 0.25) is 0 Å². The van der Waals surface area contributed by atoms with E-state index in [-0.39, 0.29) is 6.04 Å². The van der Waals surface area contributed by atoms with Gasteiger partial charge < -0.3 is 17.2 Å². The number of rotatable bonds is 2. The molecule has 0 spiro atoms. The zero-order valence-corrected chi connectivity index (χ0v) is 7.12. The molecule has 0 radical (unpaired) electrons. The highest BCUT2D eigenvalue weighted by atomic mass is 14.8. The minimum atomic E-state index is -0.142. The summed E-state index contributed by atoms with van der Waals surface area (Å²) >= 11 is 0. The van der Waals surface area contributed by atoms with E-state index in [1.807, 2.05) is 13.0 Å². The summed E-state index contributed by atoms with van der Waals surface area (Å²) in [7, 11) is 0. The monoisotopic (exact) mass is 166 g/mol. The molecule has 0 amide bonds. The van der Waals surface area contributed by atoms with Crippen LogP contribution in [0, 0.1) is 6.92 Å². The summed E-state index contributed by atoms with van der Waals surface area (Å²) in [6.45, 7) is 2.32. The third-order valence-electron chi connectivity index (χ3n) is 1.82. The second-order valence-corrected chi connectivity index (χ2v) is 2.81. The van der Waals surface area contributed by atoms with Gasteiger partial charge in [0, 0.05) is 18.8 Å². The van der Waals surface area contributed by atoms with E-state index in [1.165, 1.54) is 0 Å². The predicted octanol–water partition coefficient (Wildman–Crippen LogP) is -0.0693. The third kappa shape index (κ3) is 1.72. The van der Waals surface area contributed by atoms with Crippen molar-refractivity contribution >= 4 is 5.82 Å². The van der Waals surface area contributed by atoms with E-state index in [2.05, 4.69) is 4.98 Å². The van der Waals surface area contributed by atoms with Crippen LogP contribution in [-0.2, 0) is 0 Å². The molecule has 1 heterocycles. The molecule has 0 unspecified atom stereocenters. The molecule has 0 saturated carbocycles. The van der Waals surface area contributed by atoms with Crippen molar-refractivity contribution in [2.45, 2.75) is 13.0 Å². The van der Waals surface area contributed by atoms with Gasteiger partial charge in [-0.15, -0.1) is 0 Å². The van der Waals surface area contributed by atoms with Gasteiger partial charge in [-0.2, -0.15) is 0 Å². The molecule has 0 aromatic carbocycles. The molecule has 0 bridgehead atoms. The first-order valence-corrected chi connectivity index (χ1v) is 3.83. The minimum Gasteiger partial charge on any atom is -0.383 e. The molecule has 0 aliphatic rings. The van der Waals surface area contributed by atoms with Crippen molar-refractivity contribution < 1.29 is 0 Å². The maximum absolute atomic E-state index is 5.71. The predicted molar refractivity (Wildman–Crippen MR) is 49.4 cm³/mol. The van der Waals surface area contributed by atoms with E-state index >= 15 is 0 Å². The SMILES string of the molecule is Cc1cc([C@H](N)CN)cnc1N. The van der Waals surface area contributed by atoms with Gasteiger partial charge in [0.1, 0.15) is 5.82 Å². The van der Waals surface area contributed by atoms with Gasteiger partial charge in [-0.1, -0.05) is 0 Å². The van der Waals surface area contributed by atoms with Crippen LogP contribution in [0.5, 0.6) is 0 Å². The van der Waals surface area contributed by atoms with Crippen LogP contribution in [0.3, 0.4) is 0 Å². The highest BCUT2D eigenvalue weighted by molar-refractivity contribution is 5.40. The van der Waals surface area contributed by atoms with Gasteiger partial charge in [-0.3, -0.25) is 0 Å². The van der Waals surface area contributed by atoms with Crippen LogP contribution < -0.4 is 17.2 Å². The minimum absolute atomic E-state index is 0.142.